The zero-order chi connectivity index (χ0) is 25.7. The molecule has 3 aromatic rings. The molecule has 0 bridgehead atoms. The van der Waals surface area contributed by atoms with Crippen LogP contribution in [0.5, 0.6) is 5.75 Å². The molecular formula is C29H28N2O4S. The van der Waals surface area contributed by atoms with Crippen molar-refractivity contribution in [1.82, 2.24) is 4.90 Å². The largest absolute Gasteiger partial charge is 0.489 e. The second kappa shape index (κ2) is 11.3. The monoisotopic (exact) mass is 500 g/mol. The summed E-state index contributed by atoms with van der Waals surface area (Å²) in [6.45, 7) is 4.85. The van der Waals surface area contributed by atoms with E-state index >= 15 is 0 Å². The molecule has 7 heteroatoms. The Hall–Kier alpha value is -3.84. The average Bonchev–Trinajstić information content (AvgIpc) is 3.12. The van der Waals surface area contributed by atoms with Crippen molar-refractivity contribution in [3.8, 4) is 5.75 Å². The molecule has 6 nitrogen and oxygen atoms in total. The molecular weight excluding hydrogens is 472 g/mol. The fourth-order valence-corrected chi connectivity index (χ4v) is 4.59. The van der Waals surface area contributed by atoms with Gasteiger partial charge < -0.3 is 9.84 Å². The van der Waals surface area contributed by atoms with Crippen molar-refractivity contribution in [1.29, 1.82) is 0 Å². The molecule has 1 aliphatic rings. The summed E-state index contributed by atoms with van der Waals surface area (Å²) in [6.07, 6.45) is 1.81. The Labute approximate surface area is 215 Å². The molecule has 0 atom stereocenters. The number of hydrogen-bond acceptors (Lipinski definition) is 5. The van der Waals surface area contributed by atoms with E-state index in [0.29, 0.717) is 33.8 Å². The number of aliphatic imine (C=N–C) groups is 1. The first-order valence-electron chi connectivity index (χ1n) is 11.7. The number of hydrogen-bond donors (Lipinski definition) is 1. The minimum atomic E-state index is -0.878. The molecule has 0 aromatic heterocycles. The number of carbonyl (C=O) groups excluding carboxylic acids is 1. The number of thioether (sulfide) groups is 1. The number of amidine groups is 1. The van der Waals surface area contributed by atoms with Crippen LogP contribution in [0, 0.1) is 0 Å². The number of rotatable bonds is 8. The first-order chi connectivity index (χ1) is 17.3. The number of aliphatic carboxylic acids is 1. The minimum absolute atomic E-state index is 0.0356. The SMILES string of the molecule is CC(C)c1ccc(COc2ccc(/C=C3/SC(=Nc4ccc(CC(=O)O)cc4)N(C)C3=O)cc2)cc1. The lowest BCUT2D eigenvalue weighted by atomic mass is 10.0. The van der Waals surface area contributed by atoms with Crippen LogP contribution in [-0.4, -0.2) is 34.1 Å². The molecule has 0 unspecified atom stereocenters. The third kappa shape index (κ3) is 6.43. The second-order valence-corrected chi connectivity index (χ2v) is 9.87. The Morgan fingerprint density at radius 2 is 1.64 bits per heavy atom. The molecule has 0 saturated carbocycles. The molecule has 1 fully saturated rings. The molecule has 1 heterocycles. The molecule has 0 radical (unpaired) electrons. The van der Waals surface area contributed by atoms with Crippen LogP contribution in [0.4, 0.5) is 5.69 Å². The van der Waals surface area contributed by atoms with E-state index in [4.69, 9.17) is 9.84 Å². The molecule has 1 amide bonds. The van der Waals surface area contributed by atoms with Gasteiger partial charge in [-0.05, 0) is 70.3 Å². The Kier molecular flexibility index (Phi) is 7.90. The fraction of sp³-hybridized carbons (Fsp3) is 0.207. The van der Waals surface area contributed by atoms with E-state index in [1.54, 1.807) is 31.3 Å². The quantitative estimate of drug-likeness (QED) is 0.370. The van der Waals surface area contributed by atoms with Gasteiger partial charge >= 0.3 is 5.97 Å². The summed E-state index contributed by atoms with van der Waals surface area (Å²) in [5.74, 6) is 0.273. The van der Waals surface area contributed by atoms with E-state index in [1.807, 2.05) is 30.3 Å². The van der Waals surface area contributed by atoms with Crippen LogP contribution in [-0.2, 0) is 22.6 Å². The van der Waals surface area contributed by atoms with Crippen LogP contribution < -0.4 is 4.74 Å². The van der Waals surface area contributed by atoms with Crippen molar-refractivity contribution in [2.75, 3.05) is 7.05 Å². The van der Waals surface area contributed by atoms with E-state index in [1.165, 1.54) is 22.2 Å². The van der Waals surface area contributed by atoms with Crippen LogP contribution >= 0.6 is 11.8 Å². The first-order valence-corrected chi connectivity index (χ1v) is 12.5. The normalized spacial score (nSPS) is 15.8. The van der Waals surface area contributed by atoms with Crippen LogP contribution in [0.2, 0.25) is 0 Å². The van der Waals surface area contributed by atoms with E-state index in [0.717, 1.165) is 16.9 Å². The summed E-state index contributed by atoms with van der Waals surface area (Å²) < 4.78 is 5.92. The summed E-state index contributed by atoms with van der Waals surface area (Å²) in [4.78, 5) is 30.3. The first kappa shape index (κ1) is 25.3. The maximum Gasteiger partial charge on any atom is 0.307 e. The fourth-order valence-electron chi connectivity index (χ4n) is 3.60. The number of amides is 1. The minimum Gasteiger partial charge on any atom is -0.489 e. The van der Waals surface area contributed by atoms with Gasteiger partial charge in [0, 0.05) is 7.05 Å². The Morgan fingerprint density at radius 1 is 1.00 bits per heavy atom. The Morgan fingerprint density at radius 3 is 2.25 bits per heavy atom. The zero-order valence-electron chi connectivity index (χ0n) is 20.5. The van der Waals surface area contributed by atoms with Gasteiger partial charge in [0.1, 0.15) is 12.4 Å². The third-order valence-electron chi connectivity index (χ3n) is 5.75. The van der Waals surface area contributed by atoms with Gasteiger partial charge in [0.15, 0.2) is 5.17 Å². The highest BCUT2D eigenvalue weighted by atomic mass is 32.2. The third-order valence-corrected chi connectivity index (χ3v) is 6.81. The number of carboxylic acids is 1. The van der Waals surface area contributed by atoms with Gasteiger partial charge in [-0.15, -0.1) is 0 Å². The smallest absolute Gasteiger partial charge is 0.307 e. The summed E-state index contributed by atoms with van der Waals surface area (Å²) in [5, 5.41) is 9.47. The van der Waals surface area contributed by atoms with Crippen molar-refractivity contribution in [3.05, 3.63) is 100.0 Å². The highest BCUT2D eigenvalue weighted by Gasteiger charge is 2.30. The standard InChI is InChI=1S/C29H28N2O4S/c1-19(2)23-10-4-22(5-11-23)18-35-25-14-8-20(9-15-25)16-26-28(34)31(3)29(36-26)30-24-12-6-21(7-13-24)17-27(32)33/h4-16,19H,17-18H2,1-3H3,(H,32,33)/b26-16+,30-29?. The number of ether oxygens (including phenoxy) is 1. The molecule has 1 aliphatic heterocycles. The van der Waals surface area contributed by atoms with Crippen molar-refractivity contribution in [3.63, 3.8) is 0 Å². The number of likely N-dealkylation sites (N-methyl/N-ethyl adjacent to an activating group) is 1. The maximum atomic E-state index is 12.7. The van der Waals surface area contributed by atoms with Crippen LogP contribution in [0.3, 0.4) is 0 Å². The molecule has 184 valence electrons. The van der Waals surface area contributed by atoms with Gasteiger partial charge in [0.25, 0.3) is 5.91 Å². The topological polar surface area (TPSA) is 79.2 Å². The predicted molar refractivity (Wildman–Crippen MR) is 145 cm³/mol. The molecule has 0 aliphatic carbocycles. The summed E-state index contributed by atoms with van der Waals surface area (Å²) in [6, 6.07) is 23.1. The van der Waals surface area contributed by atoms with Crippen molar-refractivity contribution in [2.24, 2.45) is 4.99 Å². The average molecular weight is 501 g/mol. The van der Waals surface area contributed by atoms with Gasteiger partial charge in [-0.2, -0.15) is 0 Å². The lowest BCUT2D eigenvalue weighted by molar-refractivity contribution is -0.136. The number of benzene rings is 3. The van der Waals surface area contributed by atoms with Crippen LogP contribution in [0.15, 0.2) is 82.7 Å². The van der Waals surface area contributed by atoms with E-state index in [2.05, 4.69) is 43.1 Å². The maximum absolute atomic E-state index is 12.7. The number of nitrogens with zero attached hydrogens (tertiary/aromatic N) is 2. The van der Waals surface area contributed by atoms with E-state index in [9.17, 15) is 9.59 Å². The molecule has 1 N–H and O–H groups in total. The van der Waals surface area contributed by atoms with Gasteiger partial charge in [0.05, 0.1) is 17.0 Å². The van der Waals surface area contributed by atoms with Gasteiger partial charge in [-0.3, -0.25) is 14.5 Å². The summed E-state index contributed by atoms with van der Waals surface area (Å²) in [7, 11) is 1.69. The van der Waals surface area contributed by atoms with E-state index in [-0.39, 0.29) is 12.3 Å². The predicted octanol–water partition coefficient (Wildman–Crippen LogP) is 6.25. The molecule has 1 saturated heterocycles. The Bertz CT molecular complexity index is 1290. The molecule has 4 rings (SSSR count). The molecule has 3 aromatic carbocycles. The number of carboxylic acid groups (broad SMARTS) is 1. The number of carbonyl (C=O) groups is 2. The van der Waals surface area contributed by atoms with Crippen molar-refractivity contribution >= 4 is 40.6 Å². The van der Waals surface area contributed by atoms with Crippen LogP contribution in [0.25, 0.3) is 6.08 Å². The lowest BCUT2D eigenvalue weighted by Gasteiger charge is -2.09. The van der Waals surface area contributed by atoms with Gasteiger partial charge in [-0.25, -0.2) is 4.99 Å². The van der Waals surface area contributed by atoms with Crippen LogP contribution in [0.1, 0.15) is 42.0 Å². The van der Waals surface area contributed by atoms with Crippen molar-refractivity contribution in [2.45, 2.75) is 32.8 Å². The molecule has 0 spiro atoms. The van der Waals surface area contributed by atoms with E-state index < -0.39 is 5.97 Å². The van der Waals surface area contributed by atoms with Crippen molar-refractivity contribution < 1.29 is 19.4 Å². The summed E-state index contributed by atoms with van der Waals surface area (Å²) in [5.41, 5.74) is 4.68. The Balaban J connectivity index is 1.39. The second-order valence-electron chi connectivity index (χ2n) is 8.86. The molecule has 36 heavy (non-hydrogen) atoms. The summed E-state index contributed by atoms with van der Waals surface area (Å²) >= 11 is 1.31. The van der Waals surface area contributed by atoms with Gasteiger partial charge in [-0.1, -0.05) is 62.4 Å². The zero-order valence-corrected chi connectivity index (χ0v) is 21.3. The lowest BCUT2D eigenvalue weighted by Crippen LogP contribution is -2.23. The highest BCUT2D eigenvalue weighted by Crippen LogP contribution is 2.33. The highest BCUT2D eigenvalue weighted by molar-refractivity contribution is 8.18. The van der Waals surface area contributed by atoms with Gasteiger partial charge in [0.2, 0.25) is 0 Å².